The van der Waals surface area contributed by atoms with E-state index in [0.29, 0.717) is 0 Å². The van der Waals surface area contributed by atoms with Crippen molar-refractivity contribution in [3.8, 4) is 0 Å². The van der Waals surface area contributed by atoms with Crippen molar-refractivity contribution in [2.75, 3.05) is 26.4 Å². The minimum absolute atomic E-state index is 0.0441. The van der Waals surface area contributed by atoms with Crippen molar-refractivity contribution in [2.45, 2.75) is 281 Å². The summed E-state index contributed by atoms with van der Waals surface area (Å²) in [5.74, 6) is 0. The predicted molar refractivity (Wildman–Crippen MR) is 330 cm³/mol. The molecule has 4 saturated heterocycles. The van der Waals surface area contributed by atoms with E-state index >= 15 is 0 Å². The quantitative estimate of drug-likeness (QED) is 0.105. The van der Waals surface area contributed by atoms with Crippen LogP contribution in [0.4, 0.5) is 0 Å². The summed E-state index contributed by atoms with van der Waals surface area (Å²) in [4.78, 5) is 59.2. The van der Waals surface area contributed by atoms with Crippen molar-refractivity contribution in [1.82, 2.24) is 19.1 Å². The number of rotatable bonds is 22. The van der Waals surface area contributed by atoms with Crippen LogP contribution in [0.1, 0.15) is 179 Å². The molecule has 4 aliphatic rings. The van der Waals surface area contributed by atoms with Gasteiger partial charge in [-0.05, 0) is 66.5 Å². The van der Waals surface area contributed by atoms with Crippen LogP contribution in [0.25, 0.3) is 0 Å². The Bertz CT molecular complexity index is 2450. The monoisotopic (exact) mass is 1240 g/mol. The first kappa shape index (κ1) is 68.3. The second-order valence-corrected chi connectivity index (χ2v) is 54.2. The Morgan fingerprint density at radius 3 is 1.00 bits per heavy atom. The standard InChI is InChI=1S/C56H106N4O15Si6/c1-35(2)76(36(3)4)65-31-49-47(71-80(74-76,43(17)18)44(19)20)29-55(69-49,59-27-25-51(61)57-53(59)63)33-67-78(39(9)10,40(11)12)73-79(41(13)14,42(15)16)68-34-56(60-28-26-52(62)58-54(60)64)30-48-50(70-56)32-66-77(37(5)6,38(7)8)75-81(72-48,45(21)22)46(23)24/h25-28,35-50H,29-34H2,1-24H3,(H,57,61,63)(H,58,62,64)/t47-,48-,49+,50+,55-,56-/m0/s1. The second kappa shape index (κ2) is 25.5. The maximum atomic E-state index is 14.3. The summed E-state index contributed by atoms with van der Waals surface area (Å²) in [7, 11) is -19.5. The van der Waals surface area contributed by atoms with Gasteiger partial charge in [0, 0.05) is 37.4 Å². The molecule has 81 heavy (non-hydrogen) atoms. The van der Waals surface area contributed by atoms with Crippen molar-refractivity contribution < 1.29 is 48.4 Å². The highest BCUT2D eigenvalue weighted by Crippen LogP contribution is 2.53. The van der Waals surface area contributed by atoms with Crippen LogP contribution in [0.3, 0.4) is 0 Å². The van der Waals surface area contributed by atoms with E-state index in [0.717, 1.165) is 0 Å². The molecule has 6 heterocycles. The normalized spacial score (nSPS) is 27.2. The molecule has 0 aromatic carbocycles. The minimum atomic E-state index is -3.62. The lowest BCUT2D eigenvalue weighted by atomic mass is 10.1. The molecule has 0 unspecified atom stereocenters. The van der Waals surface area contributed by atoms with Gasteiger partial charge in [-0.25, -0.2) is 9.59 Å². The van der Waals surface area contributed by atoms with Crippen molar-refractivity contribution in [1.29, 1.82) is 0 Å². The van der Waals surface area contributed by atoms with E-state index in [2.05, 4.69) is 176 Å². The molecule has 19 nitrogen and oxygen atoms in total. The third kappa shape index (κ3) is 12.6. The van der Waals surface area contributed by atoms with E-state index in [1.165, 1.54) is 33.7 Å². The Labute approximate surface area is 490 Å². The second-order valence-electron chi connectivity index (χ2n) is 27.6. The number of ether oxygens (including phenoxy) is 2. The molecule has 2 aromatic heterocycles. The third-order valence-electron chi connectivity index (χ3n) is 18.4. The number of hydrogen-bond acceptors (Lipinski definition) is 15. The summed E-state index contributed by atoms with van der Waals surface area (Å²) >= 11 is 0. The van der Waals surface area contributed by atoms with Gasteiger partial charge in [0.1, 0.15) is 12.2 Å². The molecular weight excluding hydrogens is 1140 g/mol. The molecule has 0 radical (unpaired) electrons. The molecular formula is C56H106N4O15Si6. The minimum Gasteiger partial charge on any atom is -0.414 e. The lowest BCUT2D eigenvalue weighted by Crippen LogP contribution is -2.65. The largest absolute Gasteiger partial charge is 0.414 e. The smallest absolute Gasteiger partial charge is 0.335 e. The lowest BCUT2D eigenvalue weighted by molar-refractivity contribution is -0.147. The zero-order valence-electron chi connectivity index (χ0n) is 53.8. The maximum Gasteiger partial charge on any atom is 0.335 e. The first-order chi connectivity index (χ1) is 37.4. The molecule has 464 valence electrons. The molecule has 0 spiro atoms. The predicted octanol–water partition coefficient (Wildman–Crippen LogP) is 11.5. The van der Waals surface area contributed by atoms with Gasteiger partial charge >= 0.3 is 62.7 Å². The topological polar surface area (TPSA) is 211 Å². The molecule has 6 rings (SSSR count). The van der Waals surface area contributed by atoms with Gasteiger partial charge in [-0.15, -0.1) is 0 Å². The fourth-order valence-corrected chi connectivity index (χ4v) is 47.4. The molecule has 2 N–H and O–H groups in total. The van der Waals surface area contributed by atoms with Crippen molar-refractivity contribution >= 4 is 51.4 Å². The summed E-state index contributed by atoms with van der Waals surface area (Å²) in [6.45, 7) is 51.8. The van der Waals surface area contributed by atoms with Crippen LogP contribution in [-0.2, 0) is 59.8 Å². The SMILES string of the molecule is CC(C)[Si](OC[C@]1(n2ccc(=O)[nH]c2=O)C[C@@H]2O[Si](C(C)C)(C(C)C)O[Si](C(C)C)(C(C)C)OC[C@H]2O1)(O[Si](OC[C@]1(n2ccc(=O)[nH]c2=O)C[C@@H]2O[Si](C(C)C)(C(C)C)O[Si](C(C)C)(C(C)C)OC[C@H]2O1)(C(C)C)C(C)C)C(C)C. The Hall–Kier alpha value is -1.78. The zero-order valence-corrected chi connectivity index (χ0v) is 59.8. The average molecular weight is 1240 g/mol. The molecule has 0 amide bonds. The fraction of sp³-hybridized carbons (Fsp3) is 0.857. The molecule has 0 bridgehead atoms. The Kier molecular flexibility index (Phi) is 21.5. The number of fused-ring (bicyclic) bond motifs is 2. The summed E-state index contributed by atoms with van der Waals surface area (Å²) in [6.07, 6.45) is 0.998. The number of aromatic amines is 2. The van der Waals surface area contributed by atoms with E-state index in [4.69, 9.17) is 48.4 Å². The molecule has 4 fully saturated rings. The summed E-state index contributed by atoms with van der Waals surface area (Å²) in [5, 5.41) is 0. The molecule has 0 aliphatic carbocycles. The Balaban J connectivity index is 1.47. The first-order valence-corrected chi connectivity index (χ1v) is 42.3. The molecule has 25 heteroatoms. The van der Waals surface area contributed by atoms with E-state index in [1.807, 2.05) is 0 Å². The van der Waals surface area contributed by atoms with Gasteiger partial charge in [-0.2, -0.15) is 0 Å². The van der Waals surface area contributed by atoms with Crippen molar-refractivity contribution in [3.63, 3.8) is 0 Å². The van der Waals surface area contributed by atoms with Crippen molar-refractivity contribution in [3.05, 3.63) is 66.2 Å². The van der Waals surface area contributed by atoms with Gasteiger partial charge in [0.05, 0.1) is 38.6 Å². The molecule has 2 aromatic rings. The van der Waals surface area contributed by atoms with Gasteiger partial charge in [0.15, 0.2) is 11.4 Å². The summed E-state index contributed by atoms with van der Waals surface area (Å²) in [6, 6.07) is 2.66. The van der Waals surface area contributed by atoms with Gasteiger partial charge in [0.2, 0.25) is 0 Å². The number of aromatic nitrogens is 4. The van der Waals surface area contributed by atoms with Crippen LogP contribution in [0, 0.1) is 0 Å². The highest BCUT2D eigenvalue weighted by molar-refractivity contribution is 6.85. The van der Waals surface area contributed by atoms with Gasteiger partial charge in [-0.1, -0.05) is 166 Å². The zero-order chi connectivity index (χ0) is 61.0. The molecule has 4 aliphatic heterocycles. The number of hydrogen-bond donors (Lipinski definition) is 2. The van der Waals surface area contributed by atoms with Crippen LogP contribution >= 0.6 is 0 Å². The number of nitrogens with zero attached hydrogens (tertiary/aromatic N) is 2. The van der Waals surface area contributed by atoms with Crippen LogP contribution in [0.5, 0.6) is 0 Å². The van der Waals surface area contributed by atoms with Gasteiger partial charge in [-0.3, -0.25) is 28.7 Å². The van der Waals surface area contributed by atoms with E-state index in [9.17, 15) is 19.2 Å². The Morgan fingerprint density at radius 2 is 0.753 bits per heavy atom. The van der Waals surface area contributed by atoms with E-state index in [-0.39, 0.29) is 106 Å². The van der Waals surface area contributed by atoms with E-state index in [1.54, 1.807) is 0 Å². The van der Waals surface area contributed by atoms with Gasteiger partial charge in [0.25, 0.3) is 11.1 Å². The van der Waals surface area contributed by atoms with E-state index < -0.39 is 110 Å². The highest BCUT2D eigenvalue weighted by atomic mass is 28.5. The van der Waals surface area contributed by atoms with Crippen LogP contribution in [0.15, 0.2) is 43.7 Å². The molecule has 6 atom stereocenters. The summed E-state index contributed by atoms with van der Waals surface area (Å²) in [5.41, 5.74) is -5.49. The fourth-order valence-electron chi connectivity index (χ4n) is 13.9. The Morgan fingerprint density at radius 1 is 0.469 bits per heavy atom. The number of H-pyrrole nitrogens is 2. The highest BCUT2D eigenvalue weighted by Gasteiger charge is 2.66. The average Bonchev–Trinajstić information content (AvgIpc) is 3.97. The molecule has 0 saturated carbocycles. The first-order valence-electron chi connectivity index (χ1n) is 30.5. The summed E-state index contributed by atoms with van der Waals surface area (Å²) < 4.78 is 85.4. The third-order valence-corrected chi connectivity index (χ3v) is 49.2. The van der Waals surface area contributed by atoms with Crippen molar-refractivity contribution in [2.24, 2.45) is 0 Å². The van der Waals surface area contributed by atoms with Crippen LogP contribution in [0.2, 0.25) is 66.5 Å². The van der Waals surface area contributed by atoms with Crippen LogP contribution in [-0.4, -0.2) is 121 Å². The van der Waals surface area contributed by atoms with Crippen LogP contribution < -0.4 is 22.5 Å². The number of nitrogens with one attached hydrogen (secondary N) is 2. The maximum absolute atomic E-state index is 14.3. The van der Waals surface area contributed by atoms with Gasteiger partial charge < -0.3 is 48.4 Å². The lowest BCUT2D eigenvalue weighted by Gasteiger charge is -2.51.